The van der Waals surface area contributed by atoms with Gasteiger partial charge in [-0.3, -0.25) is 4.79 Å². The summed E-state index contributed by atoms with van der Waals surface area (Å²) >= 11 is 0. The first kappa shape index (κ1) is 26.3. The molecule has 0 aliphatic carbocycles. The maximum Gasteiger partial charge on any atom is 0.300 e. The zero-order valence-corrected chi connectivity index (χ0v) is 15.7. The Morgan fingerprint density at radius 1 is 0.727 bits per heavy atom. The average molecular weight is 322 g/mol. The molecule has 0 aliphatic rings. The van der Waals surface area contributed by atoms with E-state index in [-0.39, 0.29) is 4.70 Å². The molecule has 0 bridgehead atoms. The molecule has 0 saturated heterocycles. The maximum absolute atomic E-state index is 9.00. The van der Waals surface area contributed by atoms with E-state index in [1.807, 2.05) is 0 Å². The number of unbranched alkanes of at least 4 members (excludes halogenated alkanes) is 4. The Labute approximate surface area is 138 Å². The molecule has 0 unspecified atom stereocenters. The molecule has 0 aromatic carbocycles. The van der Waals surface area contributed by atoms with Crippen molar-refractivity contribution in [3.05, 3.63) is 0 Å². The number of aliphatic carboxylic acids is 1. The molecule has 0 rings (SSSR count). The number of quaternary nitrogens is 1. The molecule has 0 amide bonds. The molecular weight excluding hydrogens is 281 g/mol. The van der Waals surface area contributed by atoms with E-state index in [0.29, 0.717) is 0 Å². The first-order valence-electron chi connectivity index (χ1n) is 9.02. The fraction of sp³-hybridized carbons (Fsp3) is 0.944. The fourth-order valence-corrected chi connectivity index (χ4v) is 2.64. The van der Waals surface area contributed by atoms with E-state index in [4.69, 9.17) is 9.90 Å². The first-order chi connectivity index (χ1) is 9.97. The third-order valence-electron chi connectivity index (χ3n) is 3.94. The van der Waals surface area contributed by atoms with Crippen molar-refractivity contribution in [2.45, 2.75) is 86.0 Å². The maximum atomic E-state index is 9.00. The summed E-state index contributed by atoms with van der Waals surface area (Å²) in [6.45, 7) is 16.1. The second-order valence-corrected chi connectivity index (χ2v) is 6.17. The molecule has 0 atom stereocenters. The minimum atomic E-state index is -0.833. The fourth-order valence-electron chi connectivity index (χ4n) is 2.64. The molecule has 0 radical (unpaired) electrons. The Bertz CT molecular complexity index is 194. The van der Waals surface area contributed by atoms with Gasteiger partial charge in [-0.25, -0.2) is 0 Å². The summed E-state index contributed by atoms with van der Waals surface area (Å²) in [5.41, 5.74) is 0. The number of rotatable bonds is 12. The van der Waals surface area contributed by atoms with Gasteiger partial charge >= 0.3 is 0 Å². The van der Waals surface area contributed by atoms with E-state index in [9.17, 15) is 0 Å². The highest BCUT2D eigenvalue weighted by molar-refractivity contribution is 5.62. The summed E-state index contributed by atoms with van der Waals surface area (Å²) in [5.74, 6) is -0.833. The third kappa shape index (κ3) is 17.4. The molecule has 136 valence electrons. The SMILES string of the molecule is CC(=O)O.CCCC[N+](CCCC)(CCCC)CCCC.[F-]. The largest absolute Gasteiger partial charge is 1.00 e. The van der Waals surface area contributed by atoms with Gasteiger partial charge in [0.2, 0.25) is 0 Å². The summed E-state index contributed by atoms with van der Waals surface area (Å²) < 4.78 is 1.42. The minimum Gasteiger partial charge on any atom is -1.00 e. The normalized spacial score (nSPS) is 10.4. The average Bonchev–Trinajstić information content (AvgIpc) is 2.45. The van der Waals surface area contributed by atoms with Crippen LogP contribution < -0.4 is 4.70 Å². The van der Waals surface area contributed by atoms with Gasteiger partial charge in [-0.2, -0.15) is 0 Å². The number of hydrogen-bond donors (Lipinski definition) is 1. The summed E-state index contributed by atoms with van der Waals surface area (Å²) in [6.07, 6.45) is 11.1. The molecule has 0 saturated carbocycles. The lowest BCUT2D eigenvalue weighted by molar-refractivity contribution is -0.929. The highest BCUT2D eigenvalue weighted by Crippen LogP contribution is 2.16. The van der Waals surface area contributed by atoms with Crippen LogP contribution in [-0.4, -0.2) is 41.7 Å². The van der Waals surface area contributed by atoms with Crippen molar-refractivity contribution < 1.29 is 19.1 Å². The lowest BCUT2D eigenvalue weighted by atomic mass is 10.1. The molecule has 1 N–H and O–H groups in total. The standard InChI is InChI=1S/C16H36N.C2H4O2.FH/c1-5-9-13-17(14-10-6-2,15-11-7-3)16-12-8-4;1-2(3)4;/h5-16H2,1-4H3;1H3,(H,3,4);1H/q+1;;/p-1. The van der Waals surface area contributed by atoms with Crippen LogP contribution in [0, 0.1) is 0 Å². The summed E-state index contributed by atoms with van der Waals surface area (Å²) in [7, 11) is 0. The van der Waals surface area contributed by atoms with Crippen molar-refractivity contribution in [1.29, 1.82) is 0 Å². The van der Waals surface area contributed by atoms with E-state index >= 15 is 0 Å². The molecule has 0 aliphatic heterocycles. The van der Waals surface area contributed by atoms with E-state index < -0.39 is 5.97 Å². The smallest absolute Gasteiger partial charge is 0.300 e. The van der Waals surface area contributed by atoms with E-state index in [1.54, 1.807) is 0 Å². The second kappa shape index (κ2) is 18.4. The zero-order valence-electron chi connectivity index (χ0n) is 15.7. The van der Waals surface area contributed by atoms with Gasteiger partial charge in [0.15, 0.2) is 0 Å². The molecule has 3 nitrogen and oxygen atoms in total. The van der Waals surface area contributed by atoms with Gasteiger partial charge in [-0.15, -0.1) is 0 Å². The number of halogens is 1. The Balaban J connectivity index is -0.000000640. The Morgan fingerprint density at radius 3 is 1.05 bits per heavy atom. The Hall–Kier alpha value is -0.640. The van der Waals surface area contributed by atoms with Gasteiger partial charge in [0.05, 0.1) is 26.2 Å². The molecule has 0 spiro atoms. The van der Waals surface area contributed by atoms with Crippen LogP contribution in [0.1, 0.15) is 86.0 Å². The molecule has 0 aromatic rings. The van der Waals surface area contributed by atoms with Crippen LogP contribution in [-0.2, 0) is 4.79 Å². The van der Waals surface area contributed by atoms with Crippen molar-refractivity contribution in [3.63, 3.8) is 0 Å². The molecule has 22 heavy (non-hydrogen) atoms. The lowest BCUT2D eigenvalue weighted by Crippen LogP contribution is -3.00. The van der Waals surface area contributed by atoms with Crippen molar-refractivity contribution in [3.8, 4) is 0 Å². The van der Waals surface area contributed by atoms with Gasteiger partial charge in [-0.1, -0.05) is 53.4 Å². The molecule has 0 aromatic heterocycles. The van der Waals surface area contributed by atoms with E-state index in [2.05, 4.69) is 27.7 Å². The van der Waals surface area contributed by atoms with Crippen LogP contribution >= 0.6 is 0 Å². The van der Waals surface area contributed by atoms with Crippen molar-refractivity contribution >= 4 is 5.97 Å². The summed E-state index contributed by atoms with van der Waals surface area (Å²) in [6, 6.07) is 0. The third-order valence-corrected chi connectivity index (χ3v) is 3.94. The van der Waals surface area contributed by atoms with Crippen LogP contribution in [0.3, 0.4) is 0 Å². The Morgan fingerprint density at radius 2 is 0.909 bits per heavy atom. The summed E-state index contributed by atoms with van der Waals surface area (Å²) in [5, 5.41) is 7.42. The Kier molecular flexibility index (Phi) is 22.0. The van der Waals surface area contributed by atoms with E-state index in [1.165, 1.54) is 82.0 Å². The topological polar surface area (TPSA) is 37.3 Å². The van der Waals surface area contributed by atoms with Crippen molar-refractivity contribution in [1.82, 2.24) is 0 Å². The number of nitrogens with zero attached hydrogens (tertiary/aromatic N) is 1. The summed E-state index contributed by atoms with van der Waals surface area (Å²) in [4.78, 5) is 9.00. The van der Waals surface area contributed by atoms with Crippen molar-refractivity contribution in [2.75, 3.05) is 26.2 Å². The first-order valence-corrected chi connectivity index (χ1v) is 9.02. The predicted octanol–water partition coefficient (Wildman–Crippen LogP) is 2.10. The number of hydrogen-bond acceptors (Lipinski definition) is 1. The zero-order chi connectivity index (χ0) is 16.6. The minimum absolute atomic E-state index is 0. The molecule has 0 fully saturated rings. The van der Waals surface area contributed by atoms with Crippen molar-refractivity contribution in [2.24, 2.45) is 0 Å². The van der Waals surface area contributed by atoms with Crippen LogP contribution in [0.4, 0.5) is 0 Å². The quantitative estimate of drug-likeness (QED) is 0.559. The van der Waals surface area contributed by atoms with Crippen LogP contribution in [0.2, 0.25) is 0 Å². The van der Waals surface area contributed by atoms with Gasteiger partial charge in [0.1, 0.15) is 0 Å². The van der Waals surface area contributed by atoms with Crippen LogP contribution in [0.5, 0.6) is 0 Å². The number of carboxylic acid groups (broad SMARTS) is 1. The number of carboxylic acids is 1. The highest BCUT2D eigenvalue weighted by atomic mass is 19.0. The van der Waals surface area contributed by atoms with E-state index in [0.717, 1.165) is 6.92 Å². The predicted molar refractivity (Wildman–Crippen MR) is 92.7 cm³/mol. The molecule has 0 heterocycles. The number of carbonyl (C=O) groups is 1. The second-order valence-electron chi connectivity index (χ2n) is 6.17. The highest BCUT2D eigenvalue weighted by Gasteiger charge is 2.24. The van der Waals surface area contributed by atoms with Gasteiger partial charge in [-0.05, 0) is 25.7 Å². The molecular formula is C18H40FNO2. The van der Waals surface area contributed by atoms with Gasteiger partial charge < -0.3 is 14.3 Å². The van der Waals surface area contributed by atoms with Crippen LogP contribution in [0.15, 0.2) is 0 Å². The molecule has 4 heteroatoms. The monoisotopic (exact) mass is 321 g/mol. The van der Waals surface area contributed by atoms with Gasteiger partial charge in [0, 0.05) is 6.92 Å². The lowest BCUT2D eigenvalue weighted by Gasteiger charge is -2.39. The van der Waals surface area contributed by atoms with Crippen LogP contribution in [0.25, 0.3) is 0 Å². The van der Waals surface area contributed by atoms with Gasteiger partial charge in [0.25, 0.3) is 5.97 Å².